The first-order chi connectivity index (χ1) is 6.53. The first kappa shape index (κ1) is 9.21. The third kappa shape index (κ3) is 1.05. The summed E-state index contributed by atoms with van der Waals surface area (Å²) in [5.41, 5.74) is -0.102. The fourth-order valence-corrected chi connectivity index (χ4v) is 4.07. The van der Waals surface area contributed by atoms with Crippen molar-refractivity contribution < 1.29 is 5.11 Å². The molecule has 0 aromatic carbocycles. The normalized spacial score (nSPS) is 47.8. The largest absolute Gasteiger partial charge is 0.389 e. The summed E-state index contributed by atoms with van der Waals surface area (Å²) in [5, 5.41) is 10.7. The molecule has 3 fully saturated rings. The summed E-state index contributed by atoms with van der Waals surface area (Å²) in [7, 11) is 0. The molecule has 3 rings (SSSR count). The molecule has 1 heteroatoms. The number of hydrogen-bond acceptors (Lipinski definition) is 1. The highest BCUT2D eigenvalue weighted by Gasteiger charge is 2.59. The third-order valence-electron chi connectivity index (χ3n) is 5.68. The Labute approximate surface area is 86.9 Å². The van der Waals surface area contributed by atoms with E-state index >= 15 is 0 Å². The van der Waals surface area contributed by atoms with Crippen molar-refractivity contribution in [1.82, 2.24) is 0 Å². The summed E-state index contributed by atoms with van der Waals surface area (Å²) in [6.07, 6.45) is 8.04. The van der Waals surface area contributed by atoms with Gasteiger partial charge in [-0.3, -0.25) is 0 Å². The first-order valence-corrected chi connectivity index (χ1v) is 6.25. The molecule has 3 aliphatic rings. The second-order valence-corrected chi connectivity index (χ2v) is 6.49. The molecule has 0 saturated heterocycles. The number of hydrogen-bond donors (Lipinski definition) is 1. The van der Waals surface area contributed by atoms with Crippen molar-refractivity contribution in [3.63, 3.8) is 0 Å². The summed E-state index contributed by atoms with van der Waals surface area (Å²) in [6.45, 7) is 4.39. The number of aliphatic hydroxyl groups is 1. The summed E-state index contributed by atoms with van der Waals surface area (Å²) in [4.78, 5) is 0. The zero-order valence-corrected chi connectivity index (χ0v) is 9.42. The monoisotopic (exact) mass is 194 g/mol. The lowest BCUT2D eigenvalue weighted by atomic mass is 9.70. The maximum atomic E-state index is 10.7. The molecule has 0 spiro atoms. The van der Waals surface area contributed by atoms with Gasteiger partial charge in [0.2, 0.25) is 0 Å². The molecule has 0 radical (unpaired) electrons. The predicted molar refractivity (Wildman–Crippen MR) is 56.9 cm³/mol. The Kier molecular flexibility index (Phi) is 1.68. The van der Waals surface area contributed by atoms with E-state index in [9.17, 15) is 5.11 Å². The molecule has 80 valence electrons. The van der Waals surface area contributed by atoms with E-state index in [1.165, 1.54) is 38.5 Å². The standard InChI is InChI=1S/C13H22O/c1-12(5-6-12)13(2,14)11-8-9-3-4-10(11)7-9/h9-11,14H,3-8H2,1-2H3. The van der Waals surface area contributed by atoms with Crippen LogP contribution < -0.4 is 0 Å². The van der Waals surface area contributed by atoms with E-state index in [0.717, 1.165) is 11.8 Å². The van der Waals surface area contributed by atoms with Gasteiger partial charge in [-0.25, -0.2) is 0 Å². The van der Waals surface area contributed by atoms with E-state index in [1.807, 2.05) is 0 Å². The van der Waals surface area contributed by atoms with E-state index in [-0.39, 0.29) is 11.0 Å². The quantitative estimate of drug-likeness (QED) is 0.716. The highest BCUT2D eigenvalue weighted by Crippen LogP contribution is 2.62. The van der Waals surface area contributed by atoms with Crippen LogP contribution in [0.2, 0.25) is 0 Å². The Morgan fingerprint density at radius 3 is 2.36 bits per heavy atom. The molecule has 4 unspecified atom stereocenters. The van der Waals surface area contributed by atoms with Crippen LogP contribution in [0.3, 0.4) is 0 Å². The van der Waals surface area contributed by atoms with E-state index in [4.69, 9.17) is 0 Å². The van der Waals surface area contributed by atoms with Gasteiger partial charge in [0.1, 0.15) is 0 Å². The average molecular weight is 194 g/mol. The van der Waals surface area contributed by atoms with Crippen LogP contribution >= 0.6 is 0 Å². The molecule has 1 N–H and O–H groups in total. The van der Waals surface area contributed by atoms with Crippen LogP contribution in [-0.2, 0) is 0 Å². The maximum absolute atomic E-state index is 10.7. The van der Waals surface area contributed by atoms with Gasteiger partial charge in [0, 0.05) is 0 Å². The van der Waals surface area contributed by atoms with E-state index in [1.54, 1.807) is 0 Å². The fraction of sp³-hybridized carbons (Fsp3) is 1.00. The molecule has 0 heterocycles. The third-order valence-corrected chi connectivity index (χ3v) is 5.68. The van der Waals surface area contributed by atoms with Gasteiger partial charge in [0.15, 0.2) is 0 Å². The SMILES string of the molecule is CC1(C(C)(O)C2CC3CCC2C3)CC1. The Bertz CT molecular complexity index is 252. The van der Waals surface area contributed by atoms with Crippen LogP contribution in [0.15, 0.2) is 0 Å². The van der Waals surface area contributed by atoms with E-state index in [0.29, 0.717) is 5.92 Å². The Morgan fingerprint density at radius 1 is 1.21 bits per heavy atom. The maximum Gasteiger partial charge on any atom is 0.0703 e. The van der Waals surface area contributed by atoms with Crippen LogP contribution in [0.4, 0.5) is 0 Å². The topological polar surface area (TPSA) is 20.2 Å². The molecular formula is C13H22O. The van der Waals surface area contributed by atoms with Crippen LogP contribution in [0, 0.1) is 23.2 Å². The molecular weight excluding hydrogens is 172 g/mol. The lowest BCUT2D eigenvalue weighted by Gasteiger charge is -2.41. The smallest absolute Gasteiger partial charge is 0.0703 e. The van der Waals surface area contributed by atoms with Crippen molar-refractivity contribution >= 4 is 0 Å². The van der Waals surface area contributed by atoms with Gasteiger partial charge in [-0.1, -0.05) is 13.3 Å². The van der Waals surface area contributed by atoms with Crippen molar-refractivity contribution in [2.75, 3.05) is 0 Å². The van der Waals surface area contributed by atoms with Crippen molar-refractivity contribution in [2.24, 2.45) is 23.2 Å². The Morgan fingerprint density at radius 2 is 1.93 bits per heavy atom. The van der Waals surface area contributed by atoms with E-state index < -0.39 is 0 Å². The van der Waals surface area contributed by atoms with E-state index in [2.05, 4.69) is 13.8 Å². The Balaban J connectivity index is 1.82. The molecule has 0 amide bonds. The molecule has 3 aliphatic carbocycles. The van der Waals surface area contributed by atoms with Gasteiger partial charge in [0.05, 0.1) is 5.60 Å². The molecule has 0 aromatic heterocycles. The molecule has 1 nitrogen and oxygen atoms in total. The molecule has 14 heavy (non-hydrogen) atoms. The van der Waals surface area contributed by atoms with Gasteiger partial charge in [-0.2, -0.15) is 0 Å². The second-order valence-electron chi connectivity index (χ2n) is 6.49. The van der Waals surface area contributed by atoms with Crippen LogP contribution in [-0.4, -0.2) is 10.7 Å². The minimum absolute atomic E-state index is 0.266. The molecule has 4 atom stereocenters. The lowest BCUT2D eigenvalue weighted by Crippen LogP contribution is -2.44. The highest BCUT2D eigenvalue weighted by atomic mass is 16.3. The molecule has 3 saturated carbocycles. The number of fused-ring (bicyclic) bond motifs is 2. The summed E-state index contributed by atoms with van der Waals surface area (Å²) < 4.78 is 0. The molecule has 0 aromatic rings. The molecule has 2 bridgehead atoms. The van der Waals surface area contributed by atoms with Gasteiger partial charge >= 0.3 is 0 Å². The fourth-order valence-electron chi connectivity index (χ4n) is 4.07. The highest BCUT2D eigenvalue weighted by molar-refractivity contribution is 5.10. The zero-order valence-electron chi connectivity index (χ0n) is 9.42. The summed E-state index contributed by atoms with van der Waals surface area (Å²) in [6, 6.07) is 0. The molecule has 0 aliphatic heterocycles. The van der Waals surface area contributed by atoms with Crippen molar-refractivity contribution in [3.8, 4) is 0 Å². The lowest BCUT2D eigenvalue weighted by molar-refractivity contribution is -0.0786. The van der Waals surface area contributed by atoms with Crippen molar-refractivity contribution in [2.45, 2.75) is 58.0 Å². The van der Waals surface area contributed by atoms with Crippen LogP contribution in [0.25, 0.3) is 0 Å². The predicted octanol–water partition coefficient (Wildman–Crippen LogP) is 2.97. The van der Waals surface area contributed by atoms with Crippen molar-refractivity contribution in [1.29, 1.82) is 0 Å². The summed E-state index contributed by atoms with van der Waals surface area (Å²) >= 11 is 0. The van der Waals surface area contributed by atoms with Gasteiger partial charge in [0.25, 0.3) is 0 Å². The van der Waals surface area contributed by atoms with Crippen molar-refractivity contribution in [3.05, 3.63) is 0 Å². The first-order valence-electron chi connectivity index (χ1n) is 6.25. The zero-order chi connectivity index (χ0) is 9.97. The minimum atomic E-state index is -0.368. The Hall–Kier alpha value is -0.0400. The summed E-state index contributed by atoms with van der Waals surface area (Å²) in [5.74, 6) is 2.43. The minimum Gasteiger partial charge on any atom is -0.389 e. The average Bonchev–Trinajstić information content (AvgIpc) is 2.66. The van der Waals surface area contributed by atoms with Gasteiger partial charge in [-0.15, -0.1) is 0 Å². The van der Waals surface area contributed by atoms with Crippen LogP contribution in [0.5, 0.6) is 0 Å². The van der Waals surface area contributed by atoms with Gasteiger partial charge in [-0.05, 0) is 62.2 Å². The van der Waals surface area contributed by atoms with Crippen LogP contribution in [0.1, 0.15) is 52.4 Å². The number of rotatable bonds is 2. The van der Waals surface area contributed by atoms with Gasteiger partial charge < -0.3 is 5.11 Å². The second kappa shape index (κ2) is 2.55.